The number of anilines is 3. The summed E-state index contributed by atoms with van der Waals surface area (Å²) in [6.07, 6.45) is 2.35. The highest BCUT2D eigenvalue weighted by Crippen LogP contribution is 2.39. The number of benzene rings is 5. The number of nitro groups is 1. The van der Waals surface area contributed by atoms with E-state index in [2.05, 4.69) is 17.0 Å². The topological polar surface area (TPSA) is 145 Å². The Morgan fingerprint density at radius 2 is 1.54 bits per heavy atom. The molecule has 0 radical (unpaired) electrons. The Kier molecular flexibility index (Phi) is 10.8. The maximum atomic E-state index is 13.7. The molecule has 0 saturated carbocycles. The first kappa shape index (κ1) is 37.4. The van der Waals surface area contributed by atoms with E-state index in [-0.39, 0.29) is 30.9 Å². The first-order valence-electron chi connectivity index (χ1n) is 18.1. The lowest BCUT2D eigenvalue weighted by Crippen LogP contribution is -2.36. The van der Waals surface area contributed by atoms with Crippen molar-refractivity contribution in [2.45, 2.75) is 39.0 Å². The number of amides is 2. The molecule has 1 N–H and O–H groups in total. The van der Waals surface area contributed by atoms with E-state index in [0.717, 1.165) is 53.0 Å². The predicted octanol–water partition coefficient (Wildman–Crippen LogP) is 7.61. The van der Waals surface area contributed by atoms with Crippen LogP contribution in [0.4, 0.5) is 28.4 Å². The van der Waals surface area contributed by atoms with Crippen LogP contribution in [0.1, 0.15) is 38.2 Å². The minimum Gasteiger partial charge on any atom is -0.493 e. The molecule has 56 heavy (non-hydrogen) atoms. The number of non-ortho nitro benzene ring substituents is 1. The molecule has 0 saturated heterocycles. The molecule has 0 aliphatic carbocycles. The lowest BCUT2D eigenvalue weighted by atomic mass is 10.1. The van der Waals surface area contributed by atoms with E-state index in [4.69, 9.17) is 18.9 Å². The number of para-hydroxylation sites is 2. The lowest BCUT2D eigenvalue weighted by Gasteiger charge is -2.23. The number of nitrogens with zero attached hydrogens (tertiary/aromatic N) is 4. The maximum absolute atomic E-state index is 13.7. The van der Waals surface area contributed by atoms with Crippen molar-refractivity contribution in [2.24, 2.45) is 4.99 Å². The van der Waals surface area contributed by atoms with E-state index < -0.39 is 4.92 Å². The molecule has 2 heterocycles. The molecule has 7 rings (SSSR count). The van der Waals surface area contributed by atoms with Gasteiger partial charge in [0, 0.05) is 54.4 Å². The van der Waals surface area contributed by atoms with Gasteiger partial charge in [-0.05, 0) is 84.6 Å². The SMILES string of the molecule is C=Nc1cc(OCc2cc(COc3cc(NCC4Cc5ccccc5N4C=O)c(C)cc3OC)cc([N+](=O)[O-])c2)c(OC)cc1C(=O)N1CCc2ccccc21. The highest BCUT2D eigenvalue weighted by atomic mass is 16.6. The smallest absolute Gasteiger partial charge is 0.270 e. The van der Waals surface area contributed by atoms with Gasteiger partial charge in [-0.2, -0.15) is 0 Å². The summed E-state index contributed by atoms with van der Waals surface area (Å²) in [5.74, 6) is 1.30. The second-order valence-corrected chi connectivity index (χ2v) is 13.6. The summed E-state index contributed by atoms with van der Waals surface area (Å²) in [5.41, 5.74) is 7.25. The standard InChI is InChI=1S/C43H41N5O8/c1-27-15-39(53-3)41(21-35(27)45-23-33-19-31-10-6-8-12-38(31)47(33)26-49)55-24-28-16-29(18-32(17-28)48(51)52)25-56-42-22-36(44-2)34(20-40(42)54-4)43(50)46-14-13-30-9-5-7-11-37(30)46/h5-12,15-18,20-22,26,33,45H,2,13-14,19,23-25H2,1,3-4H3. The fourth-order valence-electron chi connectivity index (χ4n) is 7.31. The molecule has 2 aliphatic rings. The Balaban J connectivity index is 1.06. The van der Waals surface area contributed by atoms with E-state index in [1.165, 1.54) is 19.2 Å². The van der Waals surface area contributed by atoms with Crippen molar-refractivity contribution >= 4 is 47.5 Å². The zero-order valence-electron chi connectivity index (χ0n) is 31.3. The first-order valence-corrected chi connectivity index (χ1v) is 18.1. The molecule has 0 fully saturated rings. The van der Waals surface area contributed by atoms with Gasteiger partial charge < -0.3 is 34.1 Å². The van der Waals surface area contributed by atoms with Crippen molar-refractivity contribution in [3.63, 3.8) is 0 Å². The molecule has 1 atom stereocenters. The van der Waals surface area contributed by atoms with Gasteiger partial charge in [0.2, 0.25) is 6.41 Å². The highest BCUT2D eigenvalue weighted by molar-refractivity contribution is 6.10. The van der Waals surface area contributed by atoms with Gasteiger partial charge in [0.1, 0.15) is 13.2 Å². The third-order valence-corrected chi connectivity index (χ3v) is 10.1. The molecule has 5 aromatic rings. The molecule has 13 heteroatoms. The number of hydrogen-bond acceptors (Lipinski definition) is 10. The number of rotatable bonds is 15. The molecule has 2 aliphatic heterocycles. The highest BCUT2D eigenvalue weighted by Gasteiger charge is 2.30. The molecule has 0 bridgehead atoms. The molecule has 286 valence electrons. The van der Waals surface area contributed by atoms with Gasteiger partial charge in [-0.3, -0.25) is 24.7 Å². The van der Waals surface area contributed by atoms with Crippen molar-refractivity contribution in [2.75, 3.05) is 42.4 Å². The number of ether oxygens (including phenoxy) is 4. The predicted molar refractivity (Wildman–Crippen MR) is 214 cm³/mol. The summed E-state index contributed by atoms with van der Waals surface area (Å²) in [4.78, 5) is 44.8. The Morgan fingerprint density at radius 1 is 0.893 bits per heavy atom. The molecule has 0 spiro atoms. The first-order chi connectivity index (χ1) is 27.2. The third kappa shape index (κ3) is 7.56. The summed E-state index contributed by atoms with van der Waals surface area (Å²) < 4.78 is 23.6. The number of nitro benzene ring substituents is 1. The van der Waals surface area contributed by atoms with E-state index in [1.807, 2.05) is 67.6 Å². The summed E-state index contributed by atoms with van der Waals surface area (Å²) in [7, 11) is 3.02. The average molecular weight is 756 g/mol. The zero-order valence-corrected chi connectivity index (χ0v) is 31.3. The van der Waals surface area contributed by atoms with Gasteiger partial charge in [-0.1, -0.05) is 36.4 Å². The Morgan fingerprint density at radius 3 is 2.20 bits per heavy atom. The fraction of sp³-hybridized carbons (Fsp3) is 0.233. The Hall–Kier alpha value is -6.89. The van der Waals surface area contributed by atoms with Gasteiger partial charge in [0.05, 0.1) is 36.4 Å². The number of aliphatic imine (C=N–C) groups is 1. The Bertz CT molecular complexity index is 2330. The monoisotopic (exact) mass is 755 g/mol. The van der Waals surface area contributed by atoms with E-state index in [0.29, 0.717) is 58.5 Å². The fourth-order valence-corrected chi connectivity index (χ4v) is 7.31. The van der Waals surface area contributed by atoms with Gasteiger partial charge in [-0.15, -0.1) is 0 Å². The summed E-state index contributed by atoms with van der Waals surface area (Å²) in [6, 6.07) is 27.1. The molecular formula is C43H41N5O8. The summed E-state index contributed by atoms with van der Waals surface area (Å²) in [5, 5.41) is 15.5. The van der Waals surface area contributed by atoms with Gasteiger partial charge in [0.25, 0.3) is 11.6 Å². The third-order valence-electron chi connectivity index (χ3n) is 10.1. The number of methoxy groups -OCH3 is 2. The van der Waals surface area contributed by atoms with E-state index in [1.54, 1.807) is 35.1 Å². The second-order valence-electron chi connectivity index (χ2n) is 13.6. The molecule has 2 amide bonds. The van der Waals surface area contributed by atoms with Crippen molar-refractivity contribution < 1.29 is 33.5 Å². The summed E-state index contributed by atoms with van der Waals surface area (Å²) >= 11 is 0. The quantitative estimate of drug-likeness (QED) is 0.0494. The van der Waals surface area contributed by atoms with Crippen LogP contribution in [-0.2, 0) is 30.8 Å². The van der Waals surface area contributed by atoms with Crippen molar-refractivity contribution in [3.05, 3.63) is 134 Å². The van der Waals surface area contributed by atoms with Crippen LogP contribution in [0.25, 0.3) is 0 Å². The molecule has 13 nitrogen and oxygen atoms in total. The van der Waals surface area contributed by atoms with Crippen LogP contribution in [0.5, 0.6) is 23.0 Å². The van der Waals surface area contributed by atoms with Crippen molar-refractivity contribution in [3.8, 4) is 23.0 Å². The van der Waals surface area contributed by atoms with Crippen LogP contribution in [0, 0.1) is 17.0 Å². The minimum absolute atomic E-state index is 0.00527. The largest absolute Gasteiger partial charge is 0.493 e. The number of aryl methyl sites for hydroxylation is 1. The lowest BCUT2D eigenvalue weighted by molar-refractivity contribution is -0.385. The van der Waals surface area contributed by atoms with Crippen LogP contribution in [0.15, 0.2) is 96.0 Å². The summed E-state index contributed by atoms with van der Waals surface area (Å²) in [6.45, 7) is 6.62. The molecule has 5 aromatic carbocycles. The van der Waals surface area contributed by atoms with Gasteiger partial charge >= 0.3 is 0 Å². The van der Waals surface area contributed by atoms with E-state index in [9.17, 15) is 19.7 Å². The number of fused-ring (bicyclic) bond motifs is 2. The van der Waals surface area contributed by atoms with Crippen LogP contribution in [0.2, 0.25) is 0 Å². The van der Waals surface area contributed by atoms with Gasteiger partial charge in [0.15, 0.2) is 23.0 Å². The molecular weight excluding hydrogens is 714 g/mol. The number of hydrogen-bond donors (Lipinski definition) is 1. The number of carbonyl (C=O) groups is 2. The van der Waals surface area contributed by atoms with Crippen LogP contribution in [0.3, 0.4) is 0 Å². The Labute approximate surface area is 324 Å². The number of nitrogens with one attached hydrogen (secondary N) is 1. The van der Waals surface area contributed by atoms with Crippen LogP contribution >= 0.6 is 0 Å². The zero-order chi connectivity index (χ0) is 39.3. The van der Waals surface area contributed by atoms with E-state index >= 15 is 0 Å². The van der Waals surface area contributed by atoms with Gasteiger partial charge in [-0.25, -0.2) is 0 Å². The molecule has 1 unspecified atom stereocenters. The maximum Gasteiger partial charge on any atom is 0.270 e. The van der Waals surface area contributed by atoms with Crippen LogP contribution in [-0.4, -0.2) is 57.3 Å². The number of carbonyl (C=O) groups excluding carboxylic acids is 2. The molecule has 0 aromatic heterocycles. The normalized spacial score (nSPS) is 14.1. The van der Waals surface area contributed by atoms with Crippen LogP contribution < -0.4 is 34.1 Å². The minimum atomic E-state index is -0.470. The van der Waals surface area contributed by atoms with Crippen molar-refractivity contribution in [1.82, 2.24) is 0 Å². The average Bonchev–Trinajstić information content (AvgIpc) is 3.82. The second kappa shape index (κ2) is 16.2. The van der Waals surface area contributed by atoms with Crippen molar-refractivity contribution in [1.29, 1.82) is 0 Å².